The third kappa shape index (κ3) is 3.25. The zero-order valence-corrected chi connectivity index (χ0v) is 11.7. The molecule has 114 valence electrons. The summed E-state index contributed by atoms with van der Waals surface area (Å²) in [6.07, 6.45) is 2.05. The molecule has 1 heterocycles. The van der Waals surface area contributed by atoms with E-state index in [1.54, 1.807) is 0 Å². The normalized spacial score (nSPS) is 13.6. The first-order valence-electron chi connectivity index (χ1n) is 6.94. The van der Waals surface area contributed by atoms with Gasteiger partial charge >= 0.3 is 6.09 Å². The van der Waals surface area contributed by atoms with E-state index in [9.17, 15) is 14.7 Å². The average molecular weight is 301 g/mol. The first-order chi connectivity index (χ1) is 10.6. The lowest BCUT2D eigenvalue weighted by Crippen LogP contribution is -2.21. The Morgan fingerprint density at radius 1 is 1.32 bits per heavy atom. The van der Waals surface area contributed by atoms with Crippen LogP contribution in [0, 0.1) is 5.92 Å². The van der Waals surface area contributed by atoms with Crippen LogP contribution in [0.1, 0.15) is 18.4 Å². The van der Waals surface area contributed by atoms with Crippen LogP contribution in [0.4, 0.5) is 10.7 Å². The molecular formula is C15H15N3O4. The summed E-state index contributed by atoms with van der Waals surface area (Å²) in [6.45, 7) is 0.0919. The Morgan fingerprint density at radius 3 is 2.73 bits per heavy atom. The van der Waals surface area contributed by atoms with E-state index in [1.165, 1.54) is 0 Å². The van der Waals surface area contributed by atoms with E-state index in [4.69, 9.17) is 4.74 Å². The van der Waals surface area contributed by atoms with Crippen LogP contribution >= 0.6 is 0 Å². The molecule has 0 saturated heterocycles. The maximum atomic E-state index is 12.1. The summed E-state index contributed by atoms with van der Waals surface area (Å²) in [5.41, 5.74) is 0.837. The van der Waals surface area contributed by atoms with E-state index < -0.39 is 6.09 Å². The van der Waals surface area contributed by atoms with Gasteiger partial charge in [0, 0.05) is 5.92 Å². The van der Waals surface area contributed by atoms with E-state index in [-0.39, 0.29) is 30.3 Å². The van der Waals surface area contributed by atoms with Crippen LogP contribution < -0.4 is 5.32 Å². The quantitative estimate of drug-likeness (QED) is 0.902. The number of aromatic nitrogens is 2. The number of hydrogen-bond donors (Lipinski definition) is 2. The number of rotatable bonds is 4. The van der Waals surface area contributed by atoms with Crippen molar-refractivity contribution in [2.75, 3.05) is 5.32 Å². The standard InChI is InChI=1S/C15H15N3O4/c19-12-8-18(14(16-12)17-13(20)11-6-7-11)15(21)22-9-10-4-2-1-3-5-10/h1-5,8,11,19H,6-7,9H2,(H,16,17,20). The van der Waals surface area contributed by atoms with Crippen LogP contribution in [0.2, 0.25) is 0 Å². The van der Waals surface area contributed by atoms with Crippen molar-refractivity contribution in [3.05, 3.63) is 42.1 Å². The molecule has 0 atom stereocenters. The zero-order valence-electron chi connectivity index (χ0n) is 11.7. The third-order valence-corrected chi connectivity index (χ3v) is 3.28. The molecule has 0 bridgehead atoms. The van der Waals surface area contributed by atoms with E-state index in [0.717, 1.165) is 29.2 Å². The fourth-order valence-electron chi connectivity index (χ4n) is 1.94. The molecule has 7 nitrogen and oxygen atoms in total. The number of benzene rings is 1. The Bertz CT molecular complexity index is 692. The number of anilines is 1. The molecule has 2 N–H and O–H groups in total. The minimum atomic E-state index is -0.720. The van der Waals surface area contributed by atoms with Gasteiger partial charge in [0.2, 0.25) is 17.7 Å². The van der Waals surface area contributed by atoms with Crippen LogP contribution in [0.15, 0.2) is 36.5 Å². The number of carbonyl (C=O) groups is 2. The third-order valence-electron chi connectivity index (χ3n) is 3.28. The fraction of sp³-hybridized carbons (Fsp3) is 0.267. The second-order valence-corrected chi connectivity index (χ2v) is 5.10. The Hall–Kier alpha value is -2.83. The number of nitrogens with zero attached hydrogens (tertiary/aromatic N) is 2. The Balaban J connectivity index is 1.67. The van der Waals surface area contributed by atoms with Gasteiger partial charge in [0.1, 0.15) is 6.61 Å². The van der Waals surface area contributed by atoms with Gasteiger partial charge in [-0.2, -0.15) is 4.98 Å². The highest BCUT2D eigenvalue weighted by Crippen LogP contribution is 2.30. The molecule has 0 spiro atoms. The van der Waals surface area contributed by atoms with Crippen molar-refractivity contribution in [1.29, 1.82) is 0 Å². The number of amides is 1. The minimum absolute atomic E-state index is 0.0346. The summed E-state index contributed by atoms with van der Waals surface area (Å²) in [4.78, 5) is 27.5. The van der Waals surface area contributed by atoms with Crippen LogP contribution in [0.5, 0.6) is 5.88 Å². The lowest BCUT2D eigenvalue weighted by atomic mass is 10.2. The number of imidazole rings is 1. The number of carbonyl (C=O) groups excluding carboxylic acids is 2. The summed E-state index contributed by atoms with van der Waals surface area (Å²) >= 11 is 0. The van der Waals surface area contributed by atoms with Gasteiger partial charge < -0.3 is 9.84 Å². The number of nitrogens with one attached hydrogen (secondary N) is 1. The van der Waals surface area contributed by atoms with Gasteiger partial charge in [-0.3, -0.25) is 10.1 Å². The van der Waals surface area contributed by atoms with Gasteiger partial charge in [0.15, 0.2) is 0 Å². The highest BCUT2D eigenvalue weighted by atomic mass is 16.5. The van der Waals surface area contributed by atoms with Gasteiger partial charge in [0.05, 0.1) is 6.20 Å². The van der Waals surface area contributed by atoms with Crippen LogP contribution in [0.3, 0.4) is 0 Å². The van der Waals surface area contributed by atoms with Crippen molar-refractivity contribution < 1.29 is 19.4 Å². The second-order valence-electron chi connectivity index (χ2n) is 5.10. The topological polar surface area (TPSA) is 93.5 Å². The van der Waals surface area contributed by atoms with Crippen molar-refractivity contribution in [3.8, 4) is 5.88 Å². The Morgan fingerprint density at radius 2 is 2.05 bits per heavy atom. The molecule has 1 saturated carbocycles. The summed E-state index contributed by atoms with van der Waals surface area (Å²) in [5, 5.41) is 12.0. The molecule has 22 heavy (non-hydrogen) atoms. The second kappa shape index (κ2) is 5.88. The SMILES string of the molecule is O=C(Nc1nc(O)cn1C(=O)OCc1ccccc1)C1CC1. The predicted octanol–water partition coefficient (Wildman–Crippen LogP) is 2.12. The number of aromatic hydroxyl groups is 1. The summed E-state index contributed by atoms with van der Waals surface area (Å²) in [6, 6.07) is 9.20. The minimum Gasteiger partial charge on any atom is -0.492 e. The summed E-state index contributed by atoms with van der Waals surface area (Å²) < 4.78 is 6.13. The van der Waals surface area contributed by atoms with Crippen LogP contribution in [0.25, 0.3) is 0 Å². The monoisotopic (exact) mass is 301 g/mol. The average Bonchev–Trinajstić information content (AvgIpc) is 3.30. The maximum Gasteiger partial charge on any atom is 0.421 e. The molecule has 2 aromatic rings. The van der Waals surface area contributed by atoms with Gasteiger partial charge in [-0.15, -0.1) is 0 Å². The largest absolute Gasteiger partial charge is 0.492 e. The number of hydrogen-bond acceptors (Lipinski definition) is 5. The number of ether oxygens (including phenoxy) is 1. The first-order valence-corrected chi connectivity index (χ1v) is 6.94. The maximum absolute atomic E-state index is 12.1. The molecule has 1 aliphatic rings. The molecule has 3 rings (SSSR count). The molecule has 1 amide bonds. The van der Waals surface area contributed by atoms with E-state index in [0.29, 0.717) is 0 Å². The van der Waals surface area contributed by atoms with E-state index in [2.05, 4.69) is 10.3 Å². The molecule has 0 aliphatic heterocycles. The van der Waals surface area contributed by atoms with Crippen molar-refractivity contribution >= 4 is 17.9 Å². The molecule has 7 heteroatoms. The van der Waals surface area contributed by atoms with E-state index >= 15 is 0 Å². The molecule has 0 unspecified atom stereocenters. The molecule has 0 radical (unpaired) electrons. The fourth-order valence-corrected chi connectivity index (χ4v) is 1.94. The molecule has 1 aliphatic carbocycles. The summed E-state index contributed by atoms with van der Waals surface area (Å²) in [5.74, 6) is -0.634. The smallest absolute Gasteiger partial charge is 0.421 e. The summed E-state index contributed by atoms with van der Waals surface area (Å²) in [7, 11) is 0. The van der Waals surface area contributed by atoms with Gasteiger partial charge in [-0.1, -0.05) is 30.3 Å². The Labute approximate surface area is 126 Å². The van der Waals surface area contributed by atoms with Gasteiger partial charge in [-0.05, 0) is 18.4 Å². The van der Waals surface area contributed by atoms with Crippen LogP contribution in [-0.4, -0.2) is 26.7 Å². The van der Waals surface area contributed by atoms with Gasteiger partial charge in [-0.25, -0.2) is 9.36 Å². The lowest BCUT2D eigenvalue weighted by Gasteiger charge is -2.08. The van der Waals surface area contributed by atoms with Crippen molar-refractivity contribution in [3.63, 3.8) is 0 Å². The van der Waals surface area contributed by atoms with Crippen molar-refractivity contribution in [2.45, 2.75) is 19.4 Å². The molecule has 1 fully saturated rings. The predicted molar refractivity (Wildman–Crippen MR) is 77.3 cm³/mol. The van der Waals surface area contributed by atoms with Crippen LogP contribution in [-0.2, 0) is 16.1 Å². The first kappa shape index (κ1) is 14.1. The zero-order chi connectivity index (χ0) is 15.5. The van der Waals surface area contributed by atoms with E-state index in [1.807, 2.05) is 30.3 Å². The highest BCUT2D eigenvalue weighted by molar-refractivity contribution is 5.94. The highest BCUT2D eigenvalue weighted by Gasteiger charge is 2.31. The lowest BCUT2D eigenvalue weighted by molar-refractivity contribution is -0.117. The Kier molecular flexibility index (Phi) is 3.78. The van der Waals surface area contributed by atoms with Crippen molar-refractivity contribution in [2.24, 2.45) is 5.92 Å². The molecular weight excluding hydrogens is 286 g/mol. The molecule has 1 aromatic heterocycles. The molecule has 1 aromatic carbocycles. The van der Waals surface area contributed by atoms with Crippen molar-refractivity contribution in [1.82, 2.24) is 9.55 Å². The van der Waals surface area contributed by atoms with Gasteiger partial charge in [0.25, 0.3) is 0 Å².